The Bertz CT molecular complexity index is 319. The van der Waals surface area contributed by atoms with E-state index in [1.54, 1.807) is 0 Å². The Hall–Kier alpha value is -1.71. The van der Waals surface area contributed by atoms with E-state index in [-0.39, 0.29) is 39.3 Å². The molecule has 0 fully saturated rings. The van der Waals surface area contributed by atoms with Gasteiger partial charge in [0, 0.05) is 19.6 Å². The molecule has 0 aromatic carbocycles. The number of nitrogens with zero attached hydrogens (tertiary/aromatic N) is 2. The van der Waals surface area contributed by atoms with E-state index in [0.717, 1.165) is 0 Å². The fraction of sp³-hybridized carbons (Fsp3) is 0.727. The van der Waals surface area contributed by atoms with Crippen LogP contribution in [0.3, 0.4) is 0 Å². The van der Waals surface area contributed by atoms with Gasteiger partial charge in [-0.15, -0.1) is 0 Å². The van der Waals surface area contributed by atoms with E-state index >= 15 is 0 Å². The average Bonchev–Trinajstić information content (AvgIpc) is 2.26. The second-order valence-corrected chi connectivity index (χ2v) is 4.25. The van der Waals surface area contributed by atoms with Crippen molar-refractivity contribution in [3.8, 4) is 0 Å². The largest absolute Gasteiger partial charge is 0.480 e. The van der Waals surface area contributed by atoms with Crippen molar-refractivity contribution in [2.45, 2.75) is 6.42 Å². The lowest BCUT2D eigenvalue weighted by molar-refractivity contribution is -0.142. The van der Waals surface area contributed by atoms with Gasteiger partial charge in [-0.1, -0.05) is 0 Å². The van der Waals surface area contributed by atoms with Gasteiger partial charge in [0.2, 0.25) is 0 Å². The highest BCUT2D eigenvalue weighted by Gasteiger charge is 2.14. The maximum absolute atomic E-state index is 10.6. The van der Waals surface area contributed by atoms with E-state index in [2.05, 4.69) is 0 Å². The monoisotopic (exact) mass is 292 g/mol. The molecule has 0 rings (SSSR count). The van der Waals surface area contributed by atoms with Crippen molar-refractivity contribution < 1.29 is 34.8 Å². The van der Waals surface area contributed by atoms with Crippen LogP contribution in [-0.2, 0) is 14.4 Å². The molecular formula is C11H20N2O7. The molecule has 0 radical (unpaired) electrons. The zero-order valence-corrected chi connectivity index (χ0v) is 11.1. The van der Waals surface area contributed by atoms with Crippen molar-refractivity contribution in [2.75, 3.05) is 45.9 Å². The van der Waals surface area contributed by atoms with Crippen molar-refractivity contribution in [2.24, 2.45) is 0 Å². The maximum Gasteiger partial charge on any atom is 0.317 e. The lowest BCUT2D eigenvalue weighted by Crippen LogP contribution is -2.38. The van der Waals surface area contributed by atoms with Crippen LogP contribution in [0.2, 0.25) is 0 Å². The maximum atomic E-state index is 10.6. The Kier molecular flexibility index (Phi) is 9.26. The van der Waals surface area contributed by atoms with Crippen LogP contribution >= 0.6 is 0 Å². The van der Waals surface area contributed by atoms with Gasteiger partial charge in [-0.3, -0.25) is 24.2 Å². The number of carboxylic acid groups (broad SMARTS) is 3. The minimum absolute atomic E-state index is 0.179. The quantitative estimate of drug-likeness (QED) is 0.329. The Morgan fingerprint density at radius 1 is 0.700 bits per heavy atom. The Morgan fingerprint density at radius 2 is 1.10 bits per heavy atom. The van der Waals surface area contributed by atoms with Crippen molar-refractivity contribution >= 4 is 17.9 Å². The standard InChI is InChI=1S/C11H20N2O7/c14-5-4-12(6-9(15)16)2-1-3-13(7-10(17)18)8-11(19)20/h14H,1-8H2,(H,15,16)(H,17,18)(H,19,20). The normalized spacial score (nSPS) is 10.9. The lowest BCUT2D eigenvalue weighted by atomic mass is 10.3. The summed E-state index contributed by atoms with van der Waals surface area (Å²) in [7, 11) is 0. The highest BCUT2D eigenvalue weighted by Crippen LogP contribution is 1.96. The highest BCUT2D eigenvalue weighted by atomic mass is 16.4. The summed E-state index contributed by atoms with van der Waals surface area (Å²) < 4.78 is 0. The summed E-state index contributed by atoms with van der Waals surface area (Å²) in [6.45, 7) is -0.414. The number of rotatable bonds is 12. The Labute approximate surface area is 116 Å². The van der Waals surface area contributed by atoms with E-state index in [4.69, 9.17) is 20.4 Å². The minimum Gasteiger partial charge on any atom is -0.480 e. The topological polar surface area (TPSA) is 139 Å². The van der Waals surface area contributed by atoms with Crippen LogP contribution in [0.4, 0.5) is 0 Å². The van der Waals surface area contributed by atoms with E-state index in [0.29, 0.717) is 13.0 Å². The van der Waals surface area contributed by atoms with Gasteiger partial charge in [0.1, 0.15) is 0 Å². The molecule has 0 atom stereocenters. The summed E-state index contributed by atoms with van der Waals surface area (Å²) >= 11 is 0. The average molecular weight is 292 g/mol. The van der Waals surface area contributed by atoms with Crippen LogP contribution in [0, 0.1) is 0 Å². The first-order valence-corrected chi connectivity index (χ1v) is 6.06. The van der Waals surface area contributed by atoms with Gasteiger partial charge in [0.15, 0.2) is 0 Å². The third-order valence-electron chi connectivity index (χ3n) is 2.44. The first-order chi connectivity index (χ1) is 9.35. The van der Waals surface area contributed by atoms with Crippen molar-refractivity contribution in [3.63, 3.8) is 0 Å². The summed E-state index contributed by atoms with van der Waals surface area (Å²) in [5, 5.41) is 34.8. The fourth-order valence-corrected chi connectivity index (χ4v) is 1.72. The molecule has 0 saturated carbocycles. The summed E-state index contributed by atoms with van der Waals surface area (Å²) in [5.41, 5.74) is 0. The molecule has 0 saturated heterocycles. The zero-order valence-electron chi connectivity index (χ0n) is 11.1. The minimum atomic E-state index is -1.12. The molecule has 9 nitrogen and oxygen atoms in total. The van der Waals surface area contributed by atoms with Gasteiger partial charge in [-0.2, -0.15) is 0 Å². The van der Waals surface area contributed by atoms with Crippen LogP contribution in [0.5, 0.6) is 0 Å². The second kappa shape index (κ2) is 10.1. The van der Waals surface area contributed by atoms with Crippen molar-refractivity contribution in [1.82, 2.24) is 9.80 Å². The van der Waals surface area contributed by atoms with Crippen LogP contribution in [0.15, 0.2) is 0 Å². The number of carboxylic acids is 3. The van der Waals surface area contributed by atoms with Crippen molar-refractivity contribution in [1.29, 1.82) is 0 Å². The molecule has 0 aromatic rings. The molecule has 20 heavy (non-hydrogen) atoms. The van der Waals surface area contributed by atoms with Gasteiger partial charge in [0.05, 0.1) is 26.2 Å². The van der Waals surface area contributed by atoms with Crippen LogP contribution < -0.4 is 0 Å². The number of carbonyl (C=O) groups is 3. The molecule has 0 bridgehead atoms. The molecule has 0 spiro atoms. The number of hydrogen-bond acceptors (Lipinski definition) is 6. The van der Waals surface area contributed by atoms with Gasteiger partial charge >= 0.3 is 17.9 Å². The number of hydrogen-bond donors (Lipinski definition) is 4. The van der Waals surface area contributed by atoms with Crippen molar-refractivity contribution in [3.05, 3.63) is 0 Å². The zero-order chi connectivity index (χ0) is 15.5. The van der Waals surface area contributed by atoms with Gasteiger partial charge < -0.3 is 20.4 Å². The van der Waals surface area contributed by atoms with E-state index < -0.39 is 17.9 Å². The van der Waals surface area contributed by atoms with E-state index in [1.165, 1.54) is 9.80 Å². The molecule has 0 heterocycles. The molecule has 9 heteroatoms. The Balaban J connectivity index is 4.19. The number of aliphatic hydroxyl groups is 1. The lowest BCUT2D eigenvalue weighted by Gasteiger charge is -2.22. The molecule has 4 N–H and O–H groups in total. The molecule has 0 aliphatic carbocycles. The summed E-state index contributed by atoms with van der Waals surface area (Å²) in [4.78, 5) is 34.5. The smallest absolute Gasteiger partial charge is 0.317 e. The molecule has 0 aliphatic heterocycles. The predicted molar refractivity (Wildman–Crippen MR) is 67.5 cm³/mol. The molecule has 0 aromatic heterocycles. The number of aliphatic carboxylic acids is 3. The number of aliphatic hydroxyl groups excluding tert-OH is 1. The second-order valence-electron chi connectivity index (χ2n) is 4.25. The van der Waals surface area contributed by atoms with Crippen LogP contribution in [0.1, 0.15) is 6.42 Å². The highest BCUT2D eigenvalue weighted by molar-refractivity contribution is 5.72. The molecule has 0 aliphatic rings. The van der Waals surface area contributed by atoms with Gasteiger partial charge in [-0.05, 0) is 6.42 Å². The summed E-state index contributed by atoms with van der Waals surface area (Å²) in [6, 6.07) is 0. The van der Waals surface area contributed by atoms with Gasteiger partial charge in [0.25, 0.3) is 0 Å². The van der Waals surface area contributed by atoms with Gasteiger partial charge in [-0.25, -0.2) is 0 Å². The molecular weight excluding hydrogens is 272 g/mol. The predicted octanol–water partition coefficient (Wildman–Crippen LogP) is -1.77. The third kappa shape index (κ3) is 10.2. The first-order valence-electron chi connectivity index (χ1n) is 6.06. The molecule has 116 valence electrons. The summed E-state index contributed by atoms with van der Waals surface area (Å²) in [6.07, 6.45) is 0.411. The van der Waals surface area contributed by atoms with E-state index in [9.17, 15) is 14.4 Å². The molecule has 0 unspecified atom stereocenters. The molecule has 0 amide bonds. The Morgan fingerprint density at radius 3 is 1.50 bits per heavy atom. The summed E-state index contributed by atoms with van der Waals surface area (Å²) in [5.74, 6) is -3.26. The first kappa shape index (κ1) is 18.3. The third-order valence-corrected chi connectivity index (χ3v) is 2.44. The SMILES string of the molecule is O=C(O)CN(CCO)CCCN(CC(=O)O)CC(=O)O. The fourth-order valence-electron chi connectivity index (χ4n) is 1.72. The van der Waals surface area contributed by atoms with Crippen LogP contribution in [-0.4, -0.2) is 94.0 Å². The van der Waals surface area contributed by atoms with Crippen LogP contribution in [0.25, 0.3) is 0 Å². The van der Waals surface area contributed by atoms with E-state index in [1.807, 2.05) is 0 Å².